The van der Waals surface area contributed by atoms with Gasteiger partial charge in [0.2, 0.25) is 5.91 Å². The number of allylic oxidation sites excluding steroid dienone is 2. The first-order valence-electron chi connectivity index (χ1n) is 10.6. The van der Waals surface area contributed by atoms with E-state index in [1.807, 2.05) is 0 Å². The third kappa shape index (κ3) is 4.82. The average molecular weight is 371 g/mol. The Bertz CT molecular complexity index is 688. The van der Waals surface area contributed by atoms with Crippen molar-refractivity contribution < 1.29 is 6.22 Å². The zero-order valence-corrected chi connectivity index (χ0v) is 17.6. The first kappa shape index (κ1) is 20.1. The summed E-state index contributed by atoms with van der Waals surface area (Å²) in [5.74, 6) is 0.826. The molecule has 0 bridgehead atoms. The van der Waals surface area contributed by atoms with Crippen molar-refractivity contribution in [2.45, 2.75) is 71.3 Å². The molecule has 1 saturated heterocycles. The van der Waals surface area contributed by atoms with Gasteiger partial charge in [0.05, 0.1) is 6.04 Å². The van der Waals surface area contributed by atoms with Crippen LogP contribution in [0, 0.1) is 5.92 Å². The van der Waals surface area contributed by atoms with Crippen LogP contribution in [-0.2, 0) is 10.2 Å². The molecule has 1 fully saturated rings. The van der Waals surface area contributed by atoms with Crippen molar-refractivity contribution in [1.82, 2.24) is 10.2 Å². The minimum absolute atomic E-state index is 0. The number of piperidine rings is 1. The van der Waals surface area contributed by atoms with Crippen molar-refractivity contribution in [3.8, 4) is 0 Å². The molecular formula is C24H38N2O. The van der Waals surface area contributed by atoms with Gasteiger partial charge in [-0.3, -0.25) is 4.79 Å². The smallest absolute Gasteiger partial charge is 0.217 e. The van der Waals surface area contributed by atoms with Crippen LogP contribution in [0.25, 0.3) is 0 Å². The summed E-state index contributed by atoms with van der Waals surface area (Å²) >= 11 is 0. The second-order valence-electron chi connectivity index (χ2n) is 9.09. The fourth-order valence-corrected chi connectivity index (χ4v) is 5.09. The number of rotatable bonds is 6. The average Bonchev–Trinajstić information content (AvgIpc) is 2.90. The zero-order chi connectivity index (χ0) is 19.4. The van der Waals surface area contributed by atoms with Crippen LogP contribution < -0.4 is 5.32 Å². The van der Waals surface area contributed by atoms with Crippen molar-refractivity contribution >= 4 is 5.91 Å². The van der Waals surface area contributed by atoms with Crippen LogP contribution in [0.15, 0.2) is 35.9 Å². The van der Waals surface area contributed by atoms with Gasteiger partial charge in [-0.05, 0) is 76.1 Å². The van der Waals surface area contributed by atoms with Crippen LogP contribution in [0.3, 0.4) is 0 Å². The van der Waals surface area contributed by atoms with Gasteiger partial charge in [-0.2, -0.15) is 0 Å². The van der Waals surface area contributed by atoms with Gasteiger partial charge in [0.25, 0.3) is 0 Å². The summed E-state index contributed by atoms with van der Waals surface area (Å²) in [5, 5.41) is 3.19. The van der Waals surface area contributed by atoms with E-state index >= 15 is 0 Å². The van der Waals surface area contributed by atoms with Crippen LogP contribution in [-0.4, -0.2) is 30.4 Å². The van der Waals surface area contributed by atoms with Gasteiger partial charge in [-0.15, -0.1) is 0 Å². The summed E-state index contributed by atoms with van der Waals surface area (Å²) in [6.07, 6.45) is 8.32. The monoisotopic (exact) mass is 370 g/mol. The molecule has 3 nitrogen and oxygen atoms in total. The van der Waals surface area contributed by atoms with Gasteiger partial charge in [0.1, 0.15) is 0 Å². The van der Waals surface area contributed by atoms with Crippen molar-refractivity contribution in [2.24, 2.45) is 5.92 Å². The molecule has 1 unspecified atom stereocenters. The molecule has 27 heavy (non-hydrogen) atoms. The molecule has 0 saturated carbocycles. The topological polar surface area (TPSA) is 32.3 Å². The minimum atomic E-state index is 0. The standard InChI is InChI=1S/C24H36N2O.H2/c1-18(2)8-7-9-19(3)17-26-14-12-24(13-15-26)16-23(25-20(4)27)21-10-5-6-11-22(21)24;/h5-6,8,10-11,19,23H,7,9,12-17H2,1-4H3,(H,25,27);1H/t19?,23-;/m0./s1. The van der Waals surface area contributed by atoms with Crippen molar-refractivity contribution in [3.63, 3.8) is 0 Å². The quantitative estimate of drug-likeness (QED) is 0.695. The van der Waals surface area contributed by atoms with Crippen LogP contribution in [0.5, 0.6) is 0 Å². The lowest BCUT2D eigenvalue weighted by molar-refractivity contribution is -0.119. The predicted molar refractivity (Wildman–Crippen MR) is 115 cm³/mol. The first-order chi connectivity index (χ1) is 12.9. The molecule has 1 aromatic carbocycles. The Kier molecular flexibility index (Phi) is 6.41. The van der Waals surface area contributed by atoms with Crippen LogP contribution in [0.1, 0.15) is 78.4 Å². The van der Waals surface area contributed by atoms with Crippen LogP contribution in [0.2, 0.25) is 0 Å². The van der Waals surface area contributed by atoms with E-state index in [9.17, 15) is 4.79 Å². The largest absolute Gasteiger partial charge is 0.349 e. The highest BCUT2D eigenvalue weighted by molar-refractivity contribution is 5.73. The van der Waals surface area contributed by atoms with E-state index in [1.54, 1.807) is 6.92 Å². The van der Waals surface area contributed by atoms with Crippen molar-refractivity contribution in [2.75, 3.05) is 19.6 Å². The summed E-state index contributed by atoms with van der Waals surface area (Å²) < 4.78 is 0. The number of carbonyl (C=O) groups excluding carboxylic acids is 1. The molecule has 0 aromatic heterocycles. The molecule has 150 valence electrons. The van der Waals surface area contributed by atoms with Gasteiger partial charge in [0, 0.05) is 20.3 Å². The third-order valence-corrected chi connectivity index (χ3v) is 6.48. The Morgan fingerprint density at radius 2 is 2.00 bits per heavy atom. The number of carbonyl (C=O) groups is 1. The van der Waals surface area contributed by atoms with E-state index in [4.69, 9.17) is 0 Å². The maximum Gasteiger partial charge on any atom is 0.217 e. The molecule has 1 amide bonds. The first-order valence-corrected chi connectivity index (χ1v) is 10.6. The molecule has 1 heterocycles. The number of hydrogen-bond donors (Lipinski definition) is 1. The van der Waals surface area contributed by atoms with E-state index in [0.29, 0.717) is 0 Å². The fraction of sp³-hybridized carbons (Fsp3) is 0.625. The lowest BCUT2D eigenvalue weighted by atomic mass is 9.73. The van der Waals surface area contributed by atoms with E-state index in [2.05, 4.69) is 61.3 Å². The van der Waals surface area contributed by atoms with Crippen molar-refractivity contribution in [1.29, 1.82) is 0 Å². The molecule has 1 aromatic rings. The molecule has 1 spiro atoms. The molecule has 3 heteroatoms. The number of fused-ring (bicyclic) bond motifs is 2. The Hall–Kier alpha value is -1.61. The second-order valence-corrected chi connectivity index (χ2v) is 9.09. The molecule has 1 aliphatic carbocycles. The maximum absolute atomic E-state index is 11.7. The Morgan fingerprint density at radius 3 is 2.67 bits per heavy atom. The number of benzene rings is 1. The molecule has 0 radical (unpaired) electrons. The lowest BCUT2D eigenvalue weighted by Crippen LogP contribution is -2.43. The van der Waals surface area contributed by atoms with Gasteiger partial charge in [-0.25, -0.2) is 0 Å². The molecule has 2 atom stereocenters. The SMILES string of the molecule is CC(=O)N[C@H]1CC2(CCN(CC(C)CCC=C(C)C)CC2)c2ccccc21.[HH]. The van der Waals surface area contributed by atoms with Gasteiger partial charge in [-0.1, -0.05) is 42.8 Å². The lowest BCUT2D eigenvalue weighted by Gasteiger charge is -2.41. The highest BCUT2D eigenvalue weighted by Crippen LogP contribution is 2.50. The number of amides is 1. The number of hydrogen-bond acceptors (Lipinski definition) is 2. The van der Waals surface area contributed by atoms with Crippen LogP contribution in [0.4, 0.5) is 0 Å². The molecule has 2 aliphatic rings. The third-order valence-electron chi connectivity index (χ3n) is 6.48. The number of nitrogens with zero attached hydrogens (tertiary/aromatic N) is 1. The summed E-state index contributed by atoms with van der Waals surface area (Å²) in [4.78, 5) is 14.3. The highest BCUT2D eigenvalue weighted by Gasteiger charge is 2.45. The Morgan fingerprint density at radius 1 is 1.30 bits per heavy atom. The normalized spacial score (nSPS) is 22.3. The van der Waals surface area contributed by atoms with Gasteiger partial charge < -0.3 is 10.2 Å². The van der Waals surface area contributed by atoms with E-state index in [1.165, 1.54) is 62.0 Å². The zero-order valence-electron chi connectivity index (χ0n) is 17.6. The second kappa shape index (κ2) is 8.60. The summed E-state index contributed by atoms with van der Waals surface area (Å²) in [6, 6.07) is 8.97. The Balaban J connectivity index is 0.00000280. The molecule has 1 N–H and O–H groups in total. The highest BCUT2D eigenvalue weighted by atomic mass is 16.1. The van der Waals surface area contributed by atoms with Crippen LogP contribution >= 0.6 is 0 Å². The molecule has 3 rings (SSSR count). The van der Waals surface area contributed by atoms with E-state index < -0.39 is 0 Å². The predicted octanol–water partition coefficient (Wildman–Crippen LogP) is 5.23. The summed E-state index contributed by atoms with van der Waals surface area (Å²) in [5.41, 5.74) is 4.51. The summed E-state index contributed by atoms with van der Waals surface area (Å²) in [7, 11) is 0. The molecule has 1 aliphatic heterocycles. The minimum Gasteiger partial charge on any atom is -0.349 e. The van der Waals surface area contributed by atoms with Gasteiger partial charge >= 0.3 is 0 Å². The Labute approximate surface area is 166 Å². The summed E-state index contributed by atoms with van der Waals surface area (Å²) in [6.45, 7) is 11.9. The number of likely N-dealkylation sites (tertiary alicyclic amines) is 1. The van der Waals surface area contributed by atoms with E-state index in [-0.39, 0.29) is 18.8 Å². The van der Waals surface area contributed by atoms with Gasteiger partial charge in [0.15, 0.2) is 0 Å². The fourth-order valence-electron chi connectivity index (χ4n) is 5.09. The maximum atomic E-state index is 11.7. The molecular weight excluding hydrogens is 332 g/mol. The van der Waals surface area contributed by atoms with Crippen molar-refractivity contribution in [3.05, 3.63) is 47.0 Å². The van der Waals surface area contributed by atoms with E-state index in [0.717, 1.165) is 12.3 Å². The number of nitrogens with one attached hydrogen (secondary N) is 1.